The molecule has 0 rings (SSSR count). The number of hydrogen-bond acceptors (Lipinski definition) is 1. The van der Waals surface area contributed by atoms with Crippen LogP contribution in [-0.2, 0) is 4.43 Å². The van der Waals surface area contributed by atoms with Gasteiger partial charge >= 0.3 is 0 Å². The van der Waals surface area contributed by atoms with Gasteiger partial charge in [-0.1, -0.05) is 36.4 Å². The van der Waals surface area contributed by atoms with Crippen molar-refractivity contribution in [3.8, 4) is 0 Å². The highest BCUT2D eigenvalue weighted by Crippen LogP contribution is 2.21. The molecule has 0 spiro atoms. The normalized spacial score (nSPS) is 12.5. The molecule has 0 unspecified atom stereocenters. The molecule has 0 bridgehead atoms. The van der Waals surface area contributed by atoms with Crippen LogP contribution in [-0.4, -0.2) is 19.4 Å². The van der Waals surface area contributed by atoms with Crippen LogP contribution in [0.4, 0.5) is 0 Å². The Morgan fingerprint density at radius 3 is 2.27 bits per heavy atom. The van der Waals surface area contributed by atoms with Crippen LogP contribution < -0.4 is 0 Å². The number of halogens is 1. The molecule has 0 aromatic rings. The molecule has 0 aromatic carbocycles. The van der Waals surface area contributed by atoms with E-state index in [0.717, 1.165) is 12.1 Å². The van der Waals surface area contributed by atoms with Gasteiger partial charge in [0.1, 0.15) is 0 Å². The third kappa shape index (κ3) is 5.19. The maximum Gasteiger partial charge on any atom is 0.189 e. The highest BCUT2D eigenvalue weighted by molar-refractivity contribution is 14.1. The zero-order valence-electron chi connectivity index (χ0n) is 7.98. The zero-order chi connectivity index (χ0) is 8.91. The topological polar surface area (TPSA) is 9.23 Å². The summed E-state index contributed by atoms with van der Waals surface area (Å²) < 4.78 is 7.07. The molecule has 0 fully saturated rings. The summed E-state index contributed by atoms with van der Waals surface area (Å²) >= 11 is 2.39. The van der Waals surface area contributed by atoms with Crippen LogP contribution in [0.5, 0.6) is 0 Å². The standard InChI is InChI=1S/C8H19IOSi/c1-8(2)11(3,4)10-7-5-6-9/h8H,5-7H2,1-4H3. The van der Waals surface area contributed by atoms with Crippen LogP contribution in [0.3, 0.4) is 0 Å². The second kappa shape index (κ2) is 5.53. The van der Waals surface area contributed by atoms with E-state index in [1.807, 2.05) is 0 Å². The molecule has 0 amide bonds. The van der Waals surface area contributed by atoms with Gasteiger partial charge in [0.15, 0.2) is 8.32 Å². The SMILES string of the molecule is CC(C)[Si](C)(C)OCCCI. The van der Waals surface area contributed by atoms with E-state index in [-0.39, 0.29) is 0 Å². The monoisotopic (exact) mass is 286 g/mol. The van der Waals surface area contributed by atoms with Crippen LogP contribution in [0.2, 0.25) is 18.6 Å². The molecule has 1 nitrogen and oxygen atoms in total. The molecule has 0 saturated heterocycles. The van der Waals surface area contributed by atoms with E-state index >= 15 is 0 Å². The summed E-state index contributed by atoms with van der Waals surface area (Å²) in [5.74, 6) is 0. The first-order valence-corrected chi connectivity index (χ1v) is 8.71. The quantitative estimate of drug-likeness (QED) is 0.325. The lowest BCUT2D eigenvalue weighted by atomic mass is 10.5. The highest BCUT2D eigenvalue weighted by Gasteiger charge is 2.26. The number of alkyl halides is 1. The average Bonchev–Trinajstić information content (AvgIpc) is 1.88. The Morgan fingerprint density at radius 1 is 1.36 bits per heavy atom. The fourth-order valence-electron chi connectivity index (χ4n) is 0.556. The van der Waals surface area contributed by atoms with E-state index in [9.17, 15) is 0 Å². The second-order valence-electron chi connectivity index (χ2n) is 3.65. The van der Waals surface area contributed by atoms with Gasteiger partial charge in [-0.15, -0.1) is 0 Å². The van der Waals surface area contributed by atoms with E-state index in [2.05, 4.69) is 49.5 Å². The Kier molecular flexibility index (Phi) is 5.99. The molecule has 0 aliphatic heterocycles. The van der Waals surface area contributed by atoms with E-state index in [1.165, 1.54) is 10.8 Å². The molecule has 0 aliphatic carbocycles. The second-order valence-corrected chi connectivity index (χ2v) is 9.38. The van der Waals surface area contributed by atoms with E-state index in [1.54, 1.807) is 0 Å². The van der Waals surface area contributed by atoms with E-state index in [4.69, 9.17) is 4.43 Å². The average molecular weight is 286 g/mol. The van der Waals surface area contributed by atoms with Gasteiger partial charge < -0.3 is 4.43 Å². The predicted octanol–water partition coefficient (Wildman–Crippen LogP) is 3.44. The van der Waals surface area contributed by atoms with Gasteiger partial charge in [-0.25, -0.2) is 0 Å². The summed E-state index contributed by atoms with van der Waals surface area (Å²) in [5.41, 5.74) is 0.733. The van der Waals surface area contributed by atoms with Crippen molar-refractivity contribution in [2.75, 3.05) is 11.0 Å². The van der Waals surface area contributed by atoms with Crippen LogP contribution in [0.25, 0.3) is 0 Å². The minimum Gasteiger partial charge on any atom is -0.417 e. The molecule has 0 aliphatic rings. The van der Waals surface area contributed by atoms with Crippen molar-refractivity contribution in [1.29, 1.82) is 0 Å². The van der Waals surface area contributed by atoms with Gasteiger partial charge in [0.25, 0.3) is 0 Å². The smallest absolute Gasteiger partial charge is 0.189 e. The molecule has 0 aromatic heterocycles. The van der Waals surface area contributed by atoms with Crippen molar-refractivity contribution in [2.45, 2.75) is 38.9 Å². The van der Waals surface area contributed by atoms with Crippen molar-refractivity contribution in [2.24, 2.45) is 0 Å². The van der Waals surface area contributed by atoms with Gasteiger partial charge in [-0.05, 0) is 25.1 Å². The van der Waals surface area contributed by atoms with Crippen molar-refractivity contribution < 1.29 is 4.43 Å². The lowest BCUT2D eigenvalue weighted by molar-refractivity contribution is 0.303. The fourth-order valence-corrected chi connectivity index (χ4v) is 1.87. The Hall–Kier alpha value is 0.907. The summed E-state index contributed by atoms with van der Waals surface area (Å²) in [6.45, 7) is 10.1. The molecule has 0 atom stereocenters. The third-order valence-electron chi connectivity index (χ3n) is 2.14. The molecule has 0 radical (unpaired) electrons. The Bertz CT molecular complexity index is 104. The zero-order valence-corrected chi connectivity index (χ0v) is 11.1. The van der Waals surface area contributed by atoms with Crippen LogP contribution in [0, 0.1) is 0 Å². The van der Waals surface area contributed by atoms with E-state index < -0.39 is 8.32 Å². The lowest BCUT2D eigenvalue weighted by Gasteiger charge is -2.26. The molecular weight excluding hydrogens is 267 g/mol. The maximum absolute atomic E-state index is 5.87. The fraction of sp³-hybridized carbons (Fsp3) is 1.00. The van der Waals surface area contributed by atoms with Crippen molar-refractivity contribution >= 4 is 30.9 Å². The molecule has 0 N–H and O–H groups in total. The molecule has 0 saturated carbocycles. The third-order valence-corrected chi connectivity index (χ3v) is 6.63. The summed E-state index contributed by atoms with van der Waals surface area (Å²) in [6.07, 6.45) is 1.20. The molecule has 0 heterocycles. The highest BCUT2D eigenvalue weighted by atomic mass is 127. The summed E-state index contributed by atoms with van der Waals surface area (Å²) in [5, 5.41) is 0. The summed E-state index contributed by atoms with van der Waals surface area (Å²) in [6, 6.07) is 0. The van der Waals surface area contributed by atoms with Crippen LogP contribution in [0.1, 0.15) is 20.3 Å². The Balaban J connectivity index is 3.55. The maximum atomic E-state index is 5.87. The van der Waals surface area contributed by atoms with E-state index in [0.29, 0.717) is 0 Å². The molecule has 11 heavy (non-hydrogen) atoms. The van der Waals surface area contributed by atoms with Gasteiger partial charge in [0.2, 0.25) is 0 Å². The minimum absolute atomic E-state index is 0.733. The first kappa shape index (κ1) is 11.9. The van der Waals surface area contributed by atoms with Gasteiger partial charge in [0.05, 0.1) is 0 Å². The number of rotatable bonds is 5. The predicted molar refractivity (Wildman–Crippen MR) is 62.0 cm³/mol. The van der Waals surface area contributed by atoms with Crippen LogP contribution in [0.15, 0.2) is 0 Å². The minimum atomic E-state index is -1.32. The van der Waals surface area contributed by atoms with Gasteiger partial charge in [-0.3, -0.25) is 0 Å². The van der Waals surface area contributed by atoms with Gasteiger partial charge in [-0.2, -0.15) is 0 Å². The summed E-state index contributed by atoms with van der Waals surface area (Å²) in [4.78, 5) is 0. The Morgan fingerprint density at radius 2 is 1.91 bits per heavy atom. The largest absolute Gasteiger partial charge is 0.417 e. The Labute approximate surface area is 85.2 Å². The molecule has 3 heteroatoms. The first-order valence-electron chi connectivity index (χ1n) is 4.20. The molecule has 68 valence electrons. The number of hydrogen-bond donors (Lipinski definition) is 0. The van der Waals surface area contributed by atoms with Crippen molar-refractivity contribution in [3.05, 3.63) is 0 Å². The molecular formula is C8H19IOSi. The summed E-state index contributed by atoms with van der Waals surface area (Å²) in [7, 11) is -1.32. The van der Waals surface area contributed by atoms with Crippen LogP contribution >= 0.6 is 22.6 Å². The van der Waals surface area contributed by atoms with Crippen molar-refractivity contribution in [1.82, 2.24) is 0 Å². The van der Waals surface area contributed by atoms with Gasteiger partial charge in [0, 0.05) is 11.0 Å². The first-order chi connectivity index (χ1) is 5.00. The van der Waals surface area contributed by atoms with Crippen molar-refractivity contribution in [3.63, 3.8) is 0 Å². The lowest BCUT2D eigenvalue weighted by Crippen LogP contribution is -2.34.